The van der Waals surface area contributed by atoms with Gasteiger partial charge in [0.15, 0.2) is 5.58 Å². The molecule has 5 nitrogen and oxygen atoms in total. The van der Waals surface area contributed by atoms with Gasteiger partial charge >= 0.3 is 0 Å². The van der Waals surface area contributed by atoms with Gasteiger partial charge in [0.25, 0.3) is 11.9 Å². The van der Waals surface area contributed by atoms with Crippen LogP contribution in [-0.2, 0) is 6.54 Å². The van der Waals surface area contributed by atoms with Crippen LogP contribution in [0.5, 0.6) is 0 Å². The highest BCUT2D eigenvalue weighted by molar-refractivity contribution is 5.93. The predicted octanol–water partition coefficient (Wildman–Crippen LogP) is 2.80. The molecule has 2 N–H and O–H groups in total. The molecular weight excluding hydrogens is 266 g/mol. The zero-order valence-electron chi connectivity index (χ0n) is 11.6. The summed E-state index contributed by atoms with van der Waals surface area (Å²) in [5.41, 5.74) is 3.28. The molecule has 1 amide bonds. The maximum Gasteiger partial charge on any atom is 0.295 e. The van der Waals surface area contributed by atoms with Gasteiger partial charge in [0, 0.05) is 19.2 Å². The molecule has 3 rings (SSSR count). The monoisotopic (exact) mass is 281 g/mol. The molecule has 0 unspecified atom stereocenters. The van der Waals surface area contributed by atoms with E-state index in [1.165, 1.54) is 0 Å². The molecule has 0 spiro atoms. The number of carbonyl (C=O) groups excluding carboxylic acids is 1. The summed E-state index contributed by atoms with van der Waals surface area (Å²) < 4.78 is 5.58. The van der Waals surface area contributed by atoms with Crippen molar-refractivity contribution in [3.63, 3.8) is 0 Å². The van der Waals surface area contributed by atoms with Crippen molar-refractivity contribution in [2.24, 2.45) is 0 Å². The third kappa shape index (κ3) is 2.86. The number of amides is 1. The fourth-order valence-electron chi connectivity index (χ4n) is 2.04. The van der Waals surface area contributed by atoms with Gasteiger partial charge in [-0.1, -0.05) is 24.3 Å². The van der Waals surface area contributed by atoms with Crippen molar-refractivity contribution in [3.8, 4) is 0 Å². The molecule has 2 aromatic carbocycles. The van der Waals surface area contributed by atoms with E-state index in [1.807, 2.05) is 36.4 Å². The lowest BCUT2D eigenvalue weighted by molar-refractivity contribution is 0.0963. The highest BCUT2D eigenvalue weighted by Crippen LogP contribution is 2.18. The van der Waals surface area contributed by atoms with Crippen LogP contribution >= 0.6 is 0 Å². The summed E-state index contributed by atoms with van der Waals surface area (Å²) >= 11 is 0. The van der Waals surface area contributed by atoms with Gasteiger partial charge in [-0.2, -0.15) is 4.98 Å². The molecule has 1 aromatic heterocycles. The number of anilines is 1. The molecule has 0 bridgehead atoms. The fraction of sp³-hybridized carbons (Fsp3) is 0.125. The molecule has 5 heteroatoms. The molecule has 0 atom stereocenters. The first-order chi connectivity index (χ1) is 10.3. The van der Waals surface area contributed by atoms with Crippen molar-refractivity contribution in [1.29, 1.82) is 0 Å². The van der Waals surface area contributed by atoms with E-state index in [0.29, 0.717) is 18.1 Å². The van der Waals surface area contributed by atoms with Crippen molar-refractivity contribution < 1.29 is 9.21 Å². The number of fused-ring (bicyclic) bond motifs is 1. The van der Waals surface area contributed by atoms with E-state index in [9.17, 15) is 4.79 Å². The Labute approximate surface area is 122 Å². The van der Waals surface area contributed by atoms with Crippen LogP contribution in [-0.4, -0.2) is 17.9 Å². The Morgan fingerprint density at radius 2 is 1.90 bits per heavy atom. The van der Waals surface area contributed by atoms with E-state index in [0.717, 1.165) is 16.7 Å². The van der Waals surface area contributed by atoms with Crippen molar-refractivity contribution in [1.82, 2.24) is 10.3 Å². The minimum Gasteiger partial charge on any atom is -0.424 e. The molecule has 0 aliphatic heterocycles. The number of carbonyl (C=O) groups is 1. The summed E-state index contributed by atoms with van der Waals surface area (Å²) in [5.74, 6) is -0.0894. The van der Waals surface area contributed by atoms with E-state index < -0.39 is 0 Å². The Bertz CT molecular complexity index is 730. The number of hydrogen-bond donors (Lipinski definition) is 2. The maximum atomic E-state index is 11.5. The molecule has 0 aliphatic carbocycles. The number of oxazole rings is 1. The van der Waals surface area contributed by atoms with E-state index >= 15 is 0 Å². The number of nitrogens with zero attached hydrogens (tertiary/aromatic N) is 1. The normalized spacial score (nSPS) is 10.5. The Morgan fingerprint density at radius 3 is 2.62 bits per heavy atom. The van der Waals surface area contributed by atoms with Gasteiger partial charge in [-0.05, 0) is 29.8 Å². The van der Waals surface area contributed by atoms with Gasteiger partial charge < -0.3 is 15.1 Å². The zero-order valence-corrected chi connectivity index (χ0v) is 11.6. The summed E-state index contributed by atoms with van der Waals surface area (Å²) in [6, 6.07) is 15.5. The van der Waals surface area contributed by atoms with Crippen molar-refractivity contribution in [2.45, 2.75) is 6.54 Å². The highest BCUT2D eigenvalue weighted by Gasteiger charge is 2.05. The number of benzene rings is 2. The van der Waals surface area contributed by atoms with Crippen molar-refractivity contribution in [2.75, 3.05) is 12.4 Å². The average molecular weight is 281 g/mol. The lowest BCUT2D eigenvalue weighted by Crippen LogP contribution is -2.17. The fourth-order valence-corrected chi connectivity index (χ4v) is 2.04. The van der Waals surface area contributed by atoms with Gasteiger partial charge in [-0.25, -0.2) is 0 Å². The van der Waals surface area contributed by atoms with E-state index in [4.69, 9.17) is 4.42 Å². The second-order valence-corrected chi connectivity index (χ2v) is 4.62. The first-order valence-electron chi connectivity index (χ1n) is 6.67. The van der Waals surface area contributed by atoms with Crippen LogP contribution in [0.25, 0.3) is 11.1 Å². The van der Waals surface area contributed by atoms with Crippen LogP contribution in [0.2, 0.25) is 0 Å². The molecule has 0 saturated carbocycles. The molecule has 0 aliphatic rings. The Kier molecular flexibility index (Phi) is 3.55. The molecular formula is C16H15N3O2. The highest BCUT2D eigenvalue weighted by atomic mass is 16.4. The van der Waals surface area contributed by atoms with Gasteiger partial charge in [-0.3, -0.25) is 4.79 Å². The number of nitrogens with one attached hydrogen (secondary N) is 2. The van der Waals surface area contributed by atoms with Crippen molar-refractivity contribution in [3.05, 3.63) is 59.7 Å². The maximum absolute atomic E-state index is 11.5. The van der Waals surface area contributed by atoms with Gasteiger partial charge in [0.2, 0.25) is 0 Å². The van der Waals surface area contributed by atoms with Crippen LogP contribution < -0.4 is 10.6 Å². The molecule has 106 valence electrons. The van der Waals surface area contributed by atoms with Crippen LogP contribution in [0.4, 0.5) is 6.01 Å². The Morgan fingerprint density at radius 1 is 1.14 bits per heavy atom. The van der Waals surface area contributed by atoms with Gasteiger partial charge in [0.1, 0.15) is 5.52 Å². The number of rotatable bonds is 4. The first-order valence-corrected chi connectivity index (χ1v) is 6.67. The average Bonchev–Trinajstić information content (AvgIpc) is 2.95. The third-order valence-corrected chi connectivity index (χ3v) is 3.18. The molecule has 0 fully saturated rings. The second kappa shape index (κ2) is 5.66. The quantitative estimate of drug-likeness (QED) is 0.771. The van der Waals surface area contributed by atoms with Crippen LogP contribution in [0.3, 0.4) is 0 Å². The minimum atomic E-state index is -0.0894. The van der Waals surface area contributed by atoms with E-state index in [1.54, 1.807) is 19.2 Å². The van der Waals surface area contributed by atoms with E-state index in [2.05, 4.69) is 15.6 Å². The smallest absolute Gasteiger partial charge is 0.295 e. The number of aromatic nitrogens is 1. The second-order valence-electron chi connectivity index (χ2n) is 4.62. The van der Waals surface area contributed by atoms with Crippen LogP contribution in [0, 0.1) is 0 Å². The number of hydrogen-bond acceptors (Lipinski definition) is 4. The van der Waals surface area contributed by atoms with Gasteiger partial charge in [0.05, 0.1) is 0 Å². The Balaban J connectivity index is 1.68. The summed E-state index contributed by atoms with van der Waals surface area (Å²) in [5, 5.41) is 5.73. The largest absolute Gasteiger partial charge is 0.424 e. The summed E-state index contributed by atoms with van der Waals surface area (Å²) in [6.07, 6.45) is 0. The van der Waals surface area contributed by atoms with E-state index in [-0.39, 0.29) is 5.91 Å². The summed E-state index contributed by atoms with van der Waals surface area (Å²) in [7, 11) is 1.62. The molecule has 1 heterocycles. The van der Waals surface area contributed by atoms with Gasteiger partial charge in [-0.15, -0.1) is 0 Å². The molecule has 0 saturated heterocycles. The Hall–Kier alpha value is -2.82. The number of para-hydroxylation sites is 2. The lowest BCUT2D eigenvalue weighted by atomic mass is 10.1. The zero-order chi connectivity index (χ0) is 14.7. The standard InChI is InChI=1S/C16H15N3O2/c1-17-15(20)12-8-6-11(7-9-12)10-18-16-19-13-4-2-3-5-14(13)21-16/h2-9H,10H2,1H3,(H,17,20)(H,18,19). The molecule has 21 heavy (non-hydrogen) atoms. The predicted molar refractivity (Wildman–Crippen MR) is 81.2 cm³/mol. The SMILES string of the molecule is CNC(=O)c1ccc(CNc2nc3ccccc3o2)cc1. The lowest BCUT2D eigenvalue weighted by Gasteiger charge is -2.04. The minimum absolute atomic E-state index is 0.0894. The first kappa shape index (κ1) is 13.2. The third-order valence-electron chi connectivity index (χ3n) is 3.18. The van der Waals surface area contributed by atoms with Crippen molar-refractivity contribution >= 4 is 23.0 Å². The summed E-state index contributed by atoms with van der Waals surface area (Å²) in [6.45, 7) is 0.584. The topological polar surface area (TPSA) is 67.2 Å². The van der Waals surface area contributed by atoms with Crippen LogP contribution in [0.1, 0.15) is 15.9 Å². The molecule has 3 aromatic rings. The summed E-state index contributed by atoms with van der Waals surface area (Å²) in [4.78, 5) is 15.8. The van der Waals surface area contributed by atoms with Crippen LogP contribution in [0.15, 0.2) is 52.9 Å². The molecule has 0 radical (unpaired) electrons.